The topological polar surface area (TPSA) is 95.0 Å². The third-order valence-corrected chi connectivity index (χ3v) is 4.31. The summed E-state index contributed by atoms with van der Waals surface area (Å²) in [5.74, 6) is 1.03. The van der Waals surface area contributed by atoms with Crippen molar-refractivity contribution in [2.24, 2.45) is 5.92 Å². The summed E-state index contributed by atoms with van der Waals surface area (Å²) in [6.45, 7) is 4.51. The Kier molecular flexibility index (Phi) is 6.06. The summed E-state index contributed by atoms with van der Waals surface area (Å²) in [6.07, 6.45) is 1.49. The van der Waals surface area contributed by atoms with Crippen LogP contribution in [0.15, 0.2) is 57.6 Å². The molecule has 0 aliphatic carbocycles. The van der Waals surface area contributed by atoms with Crippen LogP contribution in [0, 0.1) is 17.2 Å². The molecule has 3 rings (SSSR count). The lowest BCUT2D eigenvalue weighted by Crippen LogP contribution is -2.45. The molecule has 0 radical (unpaired) electrons. The summed E-state index contributed by atoms with van der Waals surface area (Å²) in [5.41, 5.74) is 3.70. The van der Waals surface area contributed by atoms with Gasteiger partial charge in [0.25, 0.3) is 0 Å². The number of benzene rings is 1. The SMILES string of the molecule is CC(C)CN(NC(=O)c1ccc(-c2ccccc2)o1)c1nc(C#N)ncc1Br. The average molecular weight is 440 g/mol. The molecule has 0 fully saturated rings. The second-order valence-electron chi connectivity index (χ2n) is 6.45. The molecule has 1 aromatic carbocycles. The van der Waals surface area contributed by atoms with E-state index in [1.165, 1.54) is 6.20 Å². The molecule has 0 bridgehead atoms. The van der Waals surface area contributed by atoms with Crippen LogP contribution >= 0.6 is 15.9 Å². The molecule has 2 heterocycles. The fourth-order valence-corrected chi connectivity index (χ4v) is 2.95. The predicted molar refractivity (Wildman–Crippen MR) is 108 cm³/mol. The molecule has 0 aliphatic heterocycles. The van der Waals surface area contributed by atoms with Crippen molar-refractivity contribution in [1.29, 1.82) is 5.26 Å². The molecule has 0 unspecified atom stereocenters. The molecule has 0 saturated heterocycles. The molecule has 1 amide bonds. The highest BCUT2D eigenvalue weighted by Gasteiger charge is 2.20. The number of hydrazine groups is 1. The van der Waals surface area contributed by atoms with Gasteiger partial charge in [0.1, 0.15) is 11.8 Å². The van der Waals surface area contributed by atoms with Gasteiger partial charge in [-0.3, -0.25) is 15.2 Å². The highest BCUT2D eigenvalue weighted by molar-refractivity contribution is 9.10. The Labute approximate surface area is 171 Å². The zero-order valence-corrected chi connectivity index (χ0v) is 17.0. The lowest BCUT2D eigenvalue weighted by molar-refractivity contribution is 0.0920. The first-order valence-electron chi connectivity index (χ1n) is 8.64. The molecule has 3 aromatic rings. The van der Waals surface area contributed by atoms with E-state index >= 15 is 0 Å². The van der Waals surface area contributed by atoms with Crippen molar-refractivity contribution in [3.8, 4) is 17.4 Å². The maximum atomic E-state index is 12.8. The highest BCUT2D eigenvalue weighted by atomic mass is 79.9. The van der Waals surface area contributed by atoms with E-state index in [2.05, 4.69) is 31.3 Å². The third-order valence-electron chi connectivity index (χ3n) is 3.75. The molecular formula is C20H18BrN5O2. The fourth-order valence-electron chi connectivity index (χ4n) is 2.55. The van der Waals surface area contributed by atoms with Crippen molar-refractivity contribution in [2.45, 2.75) is 13.8 Å². The summed E-state index contributed by atoms with van der Waals surface area (Å²) in [4.78, 5) is 20.9. The number of nitrogens with zero attached hydrogens (tertiary/aromatic N) is 4. The molecule has 7 nitrogen and oxygen atoms in total. The van der Waals surface area contributed by atoms with Gasteiger partial charge in [-0.05, 0) is 34.0 Å². The lowest BCUT2D eigenvalue weighted by atomic mass is 10.2. The maximum Gasteiger partial charge on any atom is 0.305 e. The van der Waals surface area contributed by atoms with Crippen LogP contribution < -0.4 is 10.4 Å². The number of hydrogen-bond donors (Lipinski definition) is 1. The molecule has 0 saturated carbocycles. The smallest absolute Gasteiger partial charge is 0.305 e. The number of furan rings is 1. The van der Waals surface area contributed by atoms with Gasteiger partial charge in [-0.1, -0.05) is 44.2 Å². The van der Waals surface area contributed by atoms with Crippen molar-refractivity contribution in [3.63, 3.8) is 0 Å². The van der Waals surface area contributed by atoms with Gasteiger partial charge in [-0.15, -0.1) is 0 Å². The van der Waals surface area contributed by atoms with E-state index in [9.17, 15) is 4.79 Å². The molecule has 2 aromatic heterocycles. The van der Waals surface area contributed by atoms with Crippen LogP contribution in [0.5, 0.6) is 0 Å². The first-order valence-corrected chi connectivity index (χ1v) is 9.43. The van der Waals surface area contributed by atoms with Crippen molar-refractivity contribution >= 4 is 27.7 Å². The number of amides is 1. The Balaban J connectivity index is 1.85. The second kappa shape index (κ2) is 8.67. The summed E-state index contributed by atoms with van der Waals surface area (Å²) in [6, 6.07) is 14.8. The molecule has 28 heavy (non-hydrogen) atoms. The number of hydrogen-bond acceptors (Lipinski definition) is 6. The molecular weight excluding hydrogens is 422 g/mol. The summed E-state index contributed by atoms with van der Waals surface area (Å²) < 4.78 is 6.28. The Morgan fingerprint density at radius 2 is 2.04 bits per heavy atom. The number of rotatable bonds is 6. The number of nitrogens with one attached hydrogen (secondary N) is 1. The van der Waals surface area contributed by atoms with Crippen molar-refractivity contribution < 1.29 is 9.21 Å². The minimum atomic E-state index is -0.410. The molecule has 142 valence electrons. The van der Waals surface area contributed by atoms with Crippen LogP contribution in [0.3, 0.4) is 0 Å². The zero-order chi connectivity index (χ0) is 20.1. The number of aromatic nitrogens is 2. The lowest BCUT2D eigenvalue weighted by Gasteiger charge is -2.26. The average Bonchev–Trinajstić information content (AvgIpc) is 3.18. The van der Waals surface area contributed by atoms with Crippen LogP contribution in [0.4, 0.5) is 5.82 Å². The second-order valence-corrected chi connectivity index (χ2v) is 7.31. The number of carbonyl (C=O) groups excluding carboxylic acids is 1. The third kappa shape index (κ3) is 4.56. The van der Waals surface area contributed by atoms with Crippen molar-refractivity contribution in [3.05, 3.63) is 64.7 Å². The van der Waals surface area contributed by atoms with Gasteiger partial charge < -0.3 is 4.42 Å². The summed E-state index contributed by atoms with van der Waals surface area (Å²) >= 11 is 3.38. The monoisotopic (exact) mass is 439 g/mol. The van der Waals surface area contributed by atoms with Crippen molar-refractivity contribution in [2.75, 3.05) is 11.6 Å². The van der Waals surface area contributed by atoms with E-state index in [0.29, 0.717) is 22.6 Å². The van der Waals surface area contributed by atoms with Gasteiger partial charge in [0.05, 0.1) is 4.47 Å². The van der Waals surface area contributed by atoms with E-state index < -0.39 is 5.91 Å². The largest absolute Gasteiger partial charge is 0.451 e. The number of anilines is 1. The molecule has 8 heteroatoms. The van der Waals surface area contributed by atoms with E-state index in [1.807, 2.05) is 50.2 Å². The Morgan fingerprint density at radius 3 is 2.71 bits per heavy atom. The van der Waals surface area contributed by atoms with Gasteiger partial charge in [0.15, 0.2) is 11.6 Å². The predicted octanol–water partition coefficient (Wildman–Crippen LogP) is 4.18. The summed E-state index contributed by atoms with van der Waals surface area (Å²) in [7, 11) is 0. The number of halogens is 1. The zero-order valence-electron chi connectivity index (χ0n) is 15.4. The molecule has 0 spiro atoms. The Hall–Kier alpha value is -3.18. The standard InChI is InChI=1S/C20H18BrN5O2/c1-13(2)12-26(19-15(21)11-23-18(10-22)24-19)25-20(27)17-9-8-16(28-17)14-6-4-3-5-7-14/h3-9,11,13H,12H2,1-2H3,(H,25,27). The number of nitriles is 1. The fraction of sp³-hybridized carbons (Fsp3) is 0.200. The van der Waals surface area contributed by atoms with Gasteiger partial charge in [0.2, 0.25) is 5.82 Å². The van der Waals surface area contributed by atoms with Crippen LogP contribution in [-0.4, -0.2) is 22.4 Å². The van der Waals surface area contributed by atoms with E-state index in [-0.39, 0.29) is 17.5 Å². The van der Waals surface area contributed by atoms with Gasteiger partial charge in [0, 0.05) is 18.3 Å². The molecule has 0 atom stereocenters. The van der Waals surface area contributed by atoms with Crippen LogP contribution in [0.1, 0.15) is 30.2 Å². The number of carbonyl (C=O) groups is 1. The Morgan fingerprint density at radius 1 is 1.29 bits per heavy atom. The van der Waals surface area contributed by atoms with Crippen LogP contribution in [0.25, 0.3) is 11.3 Å². The first-order chi connectivity index (χ1) is 13.5. The van der Waals surface area contributed by atoms with Crippen LogP contribution in [0.2, 0.25) is 0 Å². The molecule has 1 N–H and O–H groups in total. The van der Waals surface area contributed by atoms with Gasteiger partial charge in [-0.25, -0.2) is 4.98 Å². The minimum absolute atomic E-state index is 0.0190. The first kappa shape index (κ1) is 19.6. The summed E-state index contributed by atoms with van der Waals surface area (Å²) in [5, 5.41) is 10.7. The van der Waals surface area contributed by atoms with Crippen molar-refractivity contribution in [1.82, 2.24) is 15.4 Å². The van der Waals surface area contributed by atoms with Crippen LogP contribution in [-0.2, 0) is 0 Å². The van der Waals surface area contributed by atoms with E-state index in [1.54, 1.807) is 17.1 Å². The minimum Gasteiger partial charge on any atom is -0.451 e. The Bertz CT molecular complexity index is 1010. The van der Waals surface area contributed by atoms with Gasteiger partial charge >= 0.3 is 5.91 Å². The van der Waals surface area contributed by atoms with Gasteiger partial charge in [-0.2, -0.15) is 10.2 Å². The van der Waals surface area contributed by atoms with E-state index in [0.717, 1.165) is 5.56 Å². The maximum absolute atomic E-state index is 12.8. The van der Waals surface area contributed by atoms with E-state index in [4.69, 9.17) is 9.68 Å². The highest BCUT2D eigenvalue weighted by Crippen LogP contribution is 2.24. The normalized spacial score (nSPS) is 10.5. The molecule has 0 aliphatic rings. The quantitative estimate of drug-likeness (QED) is 0.578.